The van der Waals surface area contributed by atoms with Crippen LogP contribution in [0.15, 0.2) is 12.3 Å². The second kappa shape index (κ2) is 5.40. The lowest BCUT2D eigenvalue weighted by atomic mass is 9.99. The van der Waals surface area contributed by atoms with Crippen LogP contribution in [0.3, 0.4) is 0 Å². The zero-order valence-electron chi connectivity index (χ0n) is 10.6. The summed E-state index contributed by atoms with van der Waals surface area (Å²) in [4.78, 5) is 0. The van der Waals surface area contributed by atoms with Gasteiger partial charge < -0.3 is 5.11 Å². The molecule has 1 N–H and O–H groups in total. The maximum Gasteiger partial charge on any atom is 0.150 e. The third kappa shape index (κ3) is 3.11. The summed E-state index contributed by atoms with van der Waals surface area (Å²) in [5, 5.41) is 14.4. The lowest BCUT2D eigenvalue weighted by Crippen LogP contribution is -2.13. The molecule has 2 unspecified atom stereocenters. The molecule has 2 atom stereocenters. The van der Waals surface area contributed by atoms with Crippen LogP contribution in [0.4, 0.5) is 0 Å². The molecule has 102 valence electrons. The summed E-state index contributed by atoms with van der Waals surface area (Å²) in [7, 11) is -2.86. The minimum Gasteiger partial charge on any atom is -0.387 e. The molecule has 1 fully saturated rings. The van der Waals surface area contributed by atoms with E-state index in [0.717, 1.165) is 18.7 Å². The predicted molar refractivity (Wildman–Crippen MR) is 68.9 cm³/mol. The first kappa shape index (κ1) is 13.5. The zero-order valence-corrected chi connectivity index (χ0v) is 11.4. The highest BCUT2D eigenvalue weighted by Crippen LogP contribution is 2.28. The van der Waals surface area contributed by atoms with Crippen molar-refractivity contribution in [3.05, 3.63) is 18.0 Å². The van der Waals surface area contributed by atoms with E-state index in [0.29, 0.717) is 12.8 Å². The third-order valence-electron chi connectivity index (χ3n) is 3.41. The lowest BCUT2D eigenvalue weighted by molar-refractivity contribution is 0.138. The van der Waals surface area contributed by atoms with E-state index in [4.69, 9.17) is 0 Å². The van der Waals surface area contributed by atoms with Crippen LogP contribution in [0, 0.1) is 5.92 Å². The summed E-state index contributed by atoms with van der Waals surface area (Å²) in [6.07, 6.45) is 3.20. The van der Waals surface area contributed by atoms with Crippen molar-refractivity contribution in [3.8, 4) is 0 Å². The highest BCUT2D eigenvalue weighted by molar-refractivity contribution is 7.91. The SMILES string of the molecule is CCCn1nccc1C(O)CC1CCS(=O)(=O)C1. The zero-order chi connectivity index (χ0) is 13.2. The molecule has 18 heavy (non-hydrogen) atoms. The highest BCUT2D eigenvalue weighted by Gasteiger charge is 2.30. The Balaban J connectivity index is 1.99. The van der Waals surface area contributed by atoms with Crippen molar-refractivity contribution in [2.45, 2.75) is 38.8 Å². The van der Waals surface area contributed by atoms with E-state index >= 15 is 0 Å². The van der Waals surface area contributed by atoms with Gasteiger partial charge in [-0.05, 0) is 31.2 Å². The number of nitrogens with zero attached hydrogens (tertiary/aromatic N) is 2. The van der Waals surface area contributed by atoms with E-state index in [1.165, 1.54) is 0 Å². The van der Waals surface area contributed by atoms with Gasteiger partial charge in [0.25, 0.3) is 0 Å². The average molecular weight is 272 g/mol. The summed E-state index contributed by atoms with van der Waals surface area (Å²) < 4.78 is 24.6. The first-order chi connectivity index (χ1) is 8.52. The van der Waals surface area contributed by atoms with Gasteiger partial charge in [0.2, 0.25) is 0 Å². The molecule has 5 nitrogen and oxygen atoms in total. The molecule has 0 aliphatic carbocycles. The monoisotopic (exact) mass is 272 g/mol. The molecule has 0 bridgehead atoms. The minimum atomic E-state index is -2.86. The first-order valence-electron chi connectivity index (χ1n) is 6.42. The summed E-state index contributed by atoms with van der Waals surface area (Å²) in [6.45, 7) is 2.84. The number of aliphatic hydroxyl groups excluding tert-OH is 1. The number of aliphatic hydroxyl groups is 1. The molecule has 2 rings (SSSR count). The Morgan fingerprint density at radius 2 is 2.39 bits per heavy atom. The van der Waals surface area contributed by atoms with Crippen LogP contribution in [0.1, 0.15) is 38.0 Å². The highest BCUT2D eigenvalue weighted by atomic mass is 32.2. The van der Waals surface area contributed by atoms with Crippen molar-refractivity contribution in [3.63, 3.8) is 0 Å². The molecule has 1 saturated heterocycles. The Morgan fingerprint density at radius 1 is 1.61 bits per heavy atom. The summed E-state index contributed by atoms with van der Waals surface area (Å²) in [5.74, 6) is 0.555. The molecule has 0 aromatic carbocycles. The van der Waals surface area contributed by atoms with Gasteiger partial charge in [0, 0.05) is 12.7 Å². The van der Waals surface area contributed by atoms with E-state index in [2.05, 4.69) is 12.0 Å². The second-order valence-electron chi connectivity index (χ2n) is 5.00. The van der Waals surface area contributed by atoms with Crippen LogP contribution < -0.4 is 0 Å². The molecule has 0 radical (unpaired) electrons. The smallest absolute Gasteiger partial charge is 0.150 e. The van der Waals surface area contributed by atoms with Crippen LogP contribution in [-0.4, -0.2) is 34.8 Å². The van der Waals surface area contributed by atoms with Crippen molar-refractivity contribution < 1.29 is 13.5 Å². The number of sulfone groups is 1. The lowest BCUT2D eigenvalue weighted by Gasteiger charge is -2.16. The van der Waals surface area contributed by atoms with E-state index in [9.17, 15) is 13.5 Å². The maximum absolute atomic E-state index is 11.4. The Labute approximate surface area is 108 Å². The molecule has 0 saturated carbocycles. The molecule has 2 heterocycles. The Kier molecular flexibility index (Phi) is 4.07. The van der Waals surface area contributed by atoms with Gasteiger partial charge in [-0.1, -0.05) is 6.92 Å². The quantitative estimate of drug-likeness (QED) is 0.872. The second-order valence-corrected chi connectivity index (χ2v) is 7.23. The molecule has 1 aromatic rings. The van der Waals surface area contributed by atoms with Crippen LogP contribution in [-0.2, 0) is 16.4 Å². The summed E-state index contributed by atoms with van der Waals surface area (Å²) >= 11 is 0. The van der Waals surface area contributed by atoms with Crippen LogP contribution in [0.2, 0.25) is 0 Å². The molecular formula is C12H20N2O3S. The van der Waals surface area contributed by atoms with Gasteiger partial charge in [0.1, 0.15) is 0 Å². The van der Waals surface area contributed by atoms with Crippen molar-refractivity contribution in [2.75, 3.05) is 11.5 Å². The third-order valence-corrected chi connectivity index (χ3v) is 5.25. The van der Waals surface area contributed by atoms with E-state index in [1.807, 2.05) is 6.07 Å². The molecule has 1 aliphatic heterocycles. The number of hydrogen-bond donors (Lipinski definition) is 1. The van der Waals surface area contributed by atoms with Crippen molar-refractivity contribution >= 4 is 9.84 Å². The molecule has 0 spiro atoms. The predicted octanol–water partition coefficient (Wildman–Crippen LogP) is 1.15. The fourth-order valence-corrected chi connectivity index (χ4v) is 4.40. The van der Waals surface area contributed by atoms with Crippen LogP contribution in [0.25, 0.3) is 0 Å². The van der Waals surface area contributed by atoms with Gasteiger partial charge in [-0.15, -0.1) is 0 Å². The van der Waals surface area contributed by atoms with Gasteiger partial charge in [0.15, 0.2) is 9.84 Å². The molecule has 1 aromatic heterocycles. The number of aryl methyl sites for hydroxylation is 1. The minimum absolute atomic E-state index is 0.0787. The van der Waals surface area contributed by atoms with E-state index in [-0.39, 0.29) is 17.4 Å². The van der Waals surface area contributed by atoms with E-state index in [1.54, 1.807) is 10.9 Å². The van der Waals surface area contributed by atoms with Crippen LogP contribution in [0.5, 0.6) is 0 Å². The summed E-state index contributed by atoms with van der Waals surface area (Å²) in [5.41, 5.74) is 0.793. The van der Waals surface area contributed by atoms with Crippen molar-refractivity contribution in [1.29, 1.82) is 0 Å². The number of aromatic nitrogens is 2. The number of hydrogen-bond acceptors (Lipinski definition) is 4. The molecular weight excluding hydrogens is 252 g/mol. The van der Waals surface area contributed by atoms with Gasteiger partial charge in [-0.25, -0.2) is 8.42 Å². The maximum atomic E-state index is 11.4. The Morgan fingerprint density at radius 3 is 3.00 bits per heavy atom. The fourth-order valence-electron chi connectivity index (χ4n) is 2.52. The topological polar surface area (TPSA) is 72.2 Å². The van der Waals surface area contributed by atoms with Gasteiger partial charge in [0.05, 0.1) is 23.3 Å². The summed E-state index contributed by atoms with van der Waals surface area (Å²) in [6, 6.07) is 1.81. The number of rotatable bonds is 5. The molecule has 0 amide bonds. The molecule has 6 heteroatoms. The van der Waals surface area contributed by atoms with Crippen LogP contribution >= 0.6 is 0 Å². The largest absolute Gasteiger partial charge is 0.387 e. The average Bonchev–Trinajstić information content (AvgIpc) is 2.86. The first-order valence-corrected chi connectivity index (χ1v) is 8.24. The van der Waals surface area contributed by atoms with Gasteiger partial charge >= 0.3 is 0 Å². The van der Waals surface area contributed by atoms with Gasteiger partial charge in [-0.2, -0.15) is 5.10 Å². The Bertz CT molecular complexity index is 495. The normalized spacial score (nSPS) is 24.2. The van der Waals surface area contributed by atoms with Crippen molar-refractivity contribution in [1.82, 2.24) is 9.78 Å². The standard InChI is InChI=1S/C12H20N2O3S/c1-2-6-14-11(3-5-13-14)12(15)8-10-4-7-18(16,17)9-10/h3,5,10,12,15H,2,4,6-9H2,1H3. The Hall–Kier alpha value is -0.880. The molecule has 1 aliphatic rings. The van der Waals surface area contributed by atoms with Gasteiger partial charge in [-0.3, -0.25) is 4.68 Å². The fraction of sp³-hybridized carbons (Fsp3) is 0.750. The van der Waals surface area contributed by atoms with E-state index < -0.39 is 15.9 Å². The van der Waals surface area contributed by atoms with Crippen molar-refractivity contribution in [2.24, 2.45) is 5.92 Å².